The second-order valence-corrected chi connectivity index (χ2v) is 4.76. The maximum Gasteiger partial charge on any atom is 0.106 e. The minimum Gasteiger partial charge on any atom is -0.372 e. The summed E-state index contributed by atoms with van der Waals surface area (Å²) in [5, 5.41) is 3.49. The highest BCUT2D eigenvalue weighted by molar-refractivity contribution is 5.36. The second kappa shape index (κ2) is 3.32. The van der Waals surface area contributed by atoms with Gasteiger partial charge in [0.05, 0.1) is 0 Å². The van der Waals surface area contributed by atoms with Crippen molar-refractivity contribution in [1.82, 2.24) is 5.32 Å². The van der Waals surface area contributed by atoms with Crippen LogP contribution in [0.1, 0.15) is 17.5 Å². The average molecular weight is 203 g/mol. The molecule has 2 aliphatic rings. The van der Waals surface area contributed by atoms with E-state index in [0.717, 1.165) is 19.0 Å². The molecule has 1 fully saturated rings. The number of hydrogen-bond acceptors (Lipinski definition) is 2. The number of hydrogen-bond donors (Lipinski definition) is 1. The number of methoxy groups -OCH3 is 1. The summed E-state index contributed by atoms with van der Waals surface area (Å²) >= 11 is 0. The van der Waals surface area contributed by atoms with E-state index in [2.05, 4.69) is 29.6 Å². The Labute approximate surface area is 90.6 Å². The summed E-state index contributed by atoms with van der Waals surface area (Å²) in [5.41, 5.74) is 2.82. The number of ether oxygens (including phenoxy) is 1. The summed E-state index contributed by atoms with van der Waals surface area (Å²) < 4.78 is 5.81. The molecule has 0 aromatic heterocycles. The first-order valence-corrected chi connectivity index (χ1v) is 5.68. The van der Waals surface area contributed by atoms with Gasteiger partial charge < -0.3 is 10.1 Å². The zero-order valence-electron chi connectivity index (χ0n) is 9.12. The molecule has 0 saturated carbocycles. The highest BCUT2D eigenvalue weighted by atomic mass is 16.5. The van der Waals surface area contributed by atoms with E-state index in [-0.39, 0.29) is 5.60 Å². The predicted octanol–water partition coefficient (Wildman–Crippen LogP) is 1.69. The molecule has 1 N–H and O–H groups in total. The van der Waals surface area contributed by atoms with E-state index in [4.69, 9.17) is 4.74 Å². The first-order chi connectivity index (χ1) is 7.34. The van der Waals surface area contributed by atoms with Crippen LogP contribution in [-0.2, 0) is 16.8 Å². The minimum absolute atomic E-state index is 0.0578. The molecule has 15 heavy (non-hydrogen) atoms. The van der Waals surface area contributed by atoms with Crippen LogP contribution in [0.3, 0.4) is 0 Å². The molecule has 2 heteroatoms. The van der Waals surface area contributed by atoms with Gasteiger partial charge in [-0.3, -0.25) is 0 Å². The molecule has 0 radical (unpaired) electrons. The summed E-state index contributed by atoms with van der Waals surface area (Å²) in [4.78, 5) is 0. The highest BCUT2D eigenvalue weighted by Crippen LogP contribution is 2.42. The fraction of sp³-hybridized carbons (Fsp3) is 0.538. The van der Waals surface area contributed by atoms with Crippen LogP contribution in [0.5, 0.6) is 0 Å². The topological polar surface area (TPSA) is 21.3 Å². The fourth-order valence-corrected chi connectivity index (χ4v) is 3.16. The van der Waals surface area contributed by atoms with E-state index in [1.165, 1.54) is 24.0 Å². The van der Waals surface area contributed by atoms with E-state index in [9.17, 15) is 0 Å². The van der Waals surface area contributed by atoms with Crippen LogP contribution in [0.25, 0.3) is 0 Å². The highest BCUT2D eigenvalue weighted by Gasteiger charge is 2.42. The van der Waals surface area contributed by atoms with Crippen LogP contribution in [-0.4, -0.2) is 20.2 Å². The molecular formula is C13H17NO. The van der Waals surface area contributed by atoms with Gasteiger partial charge in [-0.25, -0.2) is 0 Å². The van der Waals surface area contributed by atoms with Crippen LogP contribution in [0.15, 0.2) is 24.3 Å². The fourth-order valence-electron chi connectivity index (χ4n) is 3.16. The Morgan fingerprint density at radius 1 is 1.40 bits per heavy atom. The Morgan fingerprint density at radius 3 is 3.13 bits per heavy atom. The normalized spacial score (nSPS) is 33.5. The van der Waals surface area contributed by atoms with Crippen molar-refractivity contribution in [1.29, 1.82) is 0 Å². The Hall–Kier alpha value is -0.860. The van der Waals surface area contributed by atoms with Crippen LogP contribution < -0.4 is 5.32 Å². The number of piperidine rings is 1. The lowest BCUT2D eigenvalue weighted by Crippen LogP contribution is -2.52. The maximum atomic E-state index is 5.81. The van der Waals surface area contributed by atoms with E-state index in [1.54, 1.807) is 0 Å². The van der Waals surface area contributed by atoms with Gasteiger partial charge in [0.1, 0.15) is 5.60 Å². The van der Waals surface area contributed by atoms with Crippen molar-refractivity contribution in [2.75, 3.05) is 20.2 Å². The van der Waals surface area contributed by atoms with Gasteiger partial charge in [-0.2, -0.15) is 0 Å². The zero-order chi connectivity index (χ0) is 10.3. The quantitative estimate of drug-likeness (QED) is 0.750. The van der Waals surface area contributed by atoms with Gasteiger partial charge in [0.2, 0.25) is 0 Å². The first-order valence-electron chi connectivity index (χ1n) is 5.68. The monoisotopic (exact) mass is 203 g/mol. The van der Waals surface area contributed by atoms with E-state index in [1.807, 2.05) is 7.11 Å². The van der Waals surface area contributed by atoms with Gasteiger partial charge in [0.25, 0.3) is 0 Å². The summed E-state index contributed by atoms with van der Waals surface area (Å²) in [6.45, 7) is 2.09. The molecule has 2 nitrogen and oxygen atoms in total. The Morgan fingerprint density at radius 2 is 2.27 bits per heavy atom. The maximum absolute atomic E-state index is 5.81. The van der Waals surface area contributed by atoms with Crippen molar-refractivity contribution < 1.29 is 4.74 Å². The Balaban J connectivity index is 2.13. The van der Waals surface area contributed by atoms with E-state index >= 15 is 0 Å². The molecule has 0 spiro atoms. The van der Waals surface area contributed by atoms with Gasteiger partial charge >= 0.3 is 0 Å². The molecule has 80 valence electrons. The van der Waals surface area contributed by atoms with Crippen LogP contribution in [0, 0.1) is 5.92 Å². The summed E-state index contributed by atoms with van der Waals surface area (Å²) in [7, 11) is 1.84. The minimum atomic E-state index is -0.0578. The SMILES string of the molecule is COC12CNCC(Cc3ccccc31)C2. The first kappa shape index (κ1) is 9.37. The number of rotatable bonds is 1. The lowest BCUT2D eigenvalue weighted by Gasteiger charge is -2.45. The molecule has 1 aliphatic carbocycles. The lowest BCUT2D eigenvalue weighted by molar-refractivity contribution is -0.0563. The van der Waals surface area contributed by atoms with Crippen molar-refractivity contribution in [3.8, 4) is 0 Å². The van der Waals surface area contributed by atoms with Crippen LogP contribution in [0.2, 0.25) is 0 Å². The number of nitrogens with one attached hydrogen (secondary N) is 1. The largest absolute Gasteiger partial charge is 0.372 e. The molecule has 1 aromatic rings. The standard InChI is InChI=1S/C13H17NO/c1-15-13-7-10(8-14-9-13)6-11-4-2-3-5-12(11)13/h2-5,10,14H,6-9H2,1H3. The van der Waals surface area contributed by atoms with E-state index in [0.29, 0.717) is 0 Å². The third-order valence-electron chi connectivity index (χ3n) is 3.87. The van der Waals surface area contributed by atoms with Gasteiger partial charge in [0.15, 0.2) is 0 Å². The molecule has 1 saturated heterocycles. The third kappa shape index (κ3) is 1.32. The van der Waals surface area contributed by atoms with Crippen molar-refractivity contribution in [2.24, 2.45) is 5.92 Å². The second-order valence-electron chi connectivity index (χ2n) is 4.76. The van der Waals surface area contributed by atoms with Gasteiger partial charge in [0, 0.05) is 13.7 Å². The van der Waals surface area contributed by atoms with Gasteiger partial charge in [-0.1, -0.05) is 24.3 Å². The van der Waals surface area contributed by atoms with Crippen molar-refractivity contribution in [2.45, 2.75) is 18.4 Å². The summed E-state index contributed by atoms with van der Waals surface area (Å²) in [6, 6.07) is 8.73. The van der Waals surface area contributed by atoms with E-state index < -0.39 is 0 Å². The predicted molar refractivity (Wildman–Crippen MR) is 59.8 cm³/mol. The number of fused-ring (bicyclic) bond motifs is 4. The molecule has 3 rings (SSSR count). The summed E-state index contributed by atoms with van der Waals surface area (Å²) in [6.07, 6.45) is 2.38. The molecule has 1 aliphatic heterocycles. The molecular weight excluding hydrogens is 186 g/mol. The van der Waals surface area contributed by atoms with Crippen LogP contribution >= 0.6 is 0 Å². The Kier molecular flexibility index (Phi) is 2.08. The zero-order valence-corrected chi connectivity index (χ0v) is 9.12. The van der Waals surface area contributed by atoms with Crippen molar-refractivity contribution >= 4 is 0 Å². The van der Waals surface area contributed by atoms with Gasteiger partial charge in [-0.05, 0) is 36.4 Å². The molecule has 2 unspecified atom stereocenters. The molecule has 0 amide bonds. The smallest absolute Gasteiger partial charge is 0.106 e. The Bertz CT molecular complexity index is 377. The van der Waals surface area contributed by atoms with Crippen molar-refractivity contribution in [3.63, 3.8) is 0 Å². The van der Waals surface area contributed by atoms with Gasteiger partial charge in [-0.15, -0.1) is 0 Å². The van der Waals surface area contributed by atoms with Crippen LogP contribution in [0.4, 0.5) is 0 Å². The van der Waals surface area contributed by atoms with Crippen molar-refractivity contribution in [3.05, 3.63) is 35.4 Å². The number of benzene rings is 1. The third-order valence-corrected chi connectivity index (χ3v) is 3.87. The lowest BCUT2D eigenvalue weighted by atomic mass is 9.71. The molecule has 1 heterocycles. The average Bonchev–Trinajstić information content (AvgIpc) is 2.29. The summed E-state index contributed by atoms with van der Waals surface area (Å²) in [5.74, 6) is 0.744. The molecule has 2 bridgehead atoms. The molecule has 1 aromatic carbocycles. The molecule has 2 atom stereocenters.